The molecule has 4 heterocycles. The fourth-order valence-electron chi connectivity index (χ4n) is 14.0. The Morgan fingerprint density at radius 3 is 0.976 bits per heavy atom. The monoisotopic (exact) mass is 1280 g/mol. The van der Waals surface area contributed by atoms with Crippen molar-refractivity contribution in [1.29, 1.82) is 0 Å². The minimum atomic E-state index is -0.0942. The Kier molecular flexibility index (Phi) is 16.5. The van der Waals surface area contributed by atoms with Gasteiger partial charge in [0.25, 0.3) is 0 Å². The topological polar surface area (TPSA) is 34.6 Å². The molecule has 0 saturated heterocycles. The van der Waals surface area contributed by atoms with Gasteiger partial charge in [0.1, 0.15) is 0 Å². The Morgan fingerprint density at radius 2 is 0.687 bits per heavy atom. The summed E-state index contributed by atoms with van der Waals surface area (Å²) in [5, 5.41) is 7.06. The molecule has 0 spiro atoms. The minimum absolute atomic E-state index is 0. The summed E-state index contributed by atoms with van der Waals surface area (Å²) in [6, 6.07) is 44.8. The van der Waals surface area contributed by atoms with E-state index in [2.05, 4.69) is 270 Å². The van der Waals surface area contributed by atoms with Crippen LogP contribution in [0.15, 0.2) is 97.1 Å². The van der Waals surface area contributed by atoms with E-state index in [4.69, 9.17) is 9.97 Å². The van der Waals surface area contributed by atoms with Crippen molar-refractivity contribution in [2.75, 3.05) is 0 Å². The minimum Gasteiger partial charge on any atom is -0.333 e. The molecule has 0 N–H and O–H groups in total. The molecule has 2 unspecified atom stereocenters. The number of pyridine rings is 2. The molecule has 83 heavy (non-hydrogen) atoms. The van der Waals surface area contributed by atoms with Crippen LogP contribution in [0.2, 0.25) is 0 Å². The van der Waals surface area contributed by atoms with E-state index in [1.165, 1.54) is 99.6 Å². The normalized spacial score (nSPS) is 14.0. The number of nitrogens with zero attached hydrogens (tertiary/aromatic N) is 4. The smallest absolute Gasteiger partial charge is 0.333 e. The molecular weight excluding hydrogens is 1190 g/mol. The van der Waals surface area contributed by atoms with Gasteiger partial charge >= 0.3 is 21.1 Å². The number of aryl methyl sites for hydroxylation is 4. The Morgan fingerprint density at radius 1 is 0.386 bits per heavy atom. The van der Waals surface area contributed by atoms with Crippen molar-refractivity contribution in [3.8, 4) is 22.5 Å². The Bertz CT molecular complexity index is 3790. The number of fused-ring (bicyclic) bond motifs is 12. The van der Waals surface area contributed by atoms with Crippen LogP contribution in [0.4, 0.5) is 0 Å². The van der Waals surface area contributed by atoms with Gasteiger partial charge in [0.2, 0.25) is 0 Å². The molecule has 0 radical (unpaired) electrons. The summed E-state index contributed by atoms with van der Waals surface area (Å²) in [7, 11) is 0. The molecule has 4 aromatic heterocycles. The van der Waals surface area contributed by atoms with Crippen LogP contribution >= 0.6 is 0 Å². The zero-order valence-electron chi connectivity index (χ0n) is 54.7. The van der Waals surface area contributed by atoms with Crippen LogP contribution < -0.4 is 0 Å². The van der Waals surface area contributed by atoms with Gasteiger partial charge in [-0.25, -0.2) is 0 Å². The van der Waals surface area contributed by atoms with Crippen LogP contribution in [0, 0.1) is 72.3 Å². The van der Waals surface area contributed by atoms with Crippen molar-refractivity contribution in [2.24, 2.45) is 32.5 Å². The Balaban J connectivity index is 0.00000828. The predicted molar refractivity (Wildman–Crippen MR) is 354 cm³/mol. The van der Waals surface area contributed by atoms with E-state index in [9.17, 15) is 0 Å². The van der Waals surface area contributed by atoms with E-state index < -0.39 is 0 Å². The molecule has 0 bridgehead atoms. The van der Waals surface area contributed by atoms with E-state index in [1.807, 2.05) is 0 Å². The largest absolute Gasteiger partial charge is 2.00 e. The first-order valence-corrected chi connectivity index (χ1v) is 30.8. The molecule has 0 aliphatic heterocycles. The first kappa shape index (κ1) is 62.0. The average molecular weight is 1280 g/mol. The van der Waals surface area contributed by atoms with E-state index >= 15 is 0 Å². The van der Waals surface area contributed by atoms with Gasteiger partial charge in [0, 0.05) is 34.0 Å². The third kappa shape index (κ3) is 12.7. The second-order valence-electron chi connectivity index (χ2n) is 32.4. The van der Waals surface area contributed by atoms with Gasteiger partial charge in [-0.1, -0.05) is 184 Å². The van der Waals surface area contributed by atoms with Gasteiger partial charge < -0.3 is 8.80 Å². The number of rotatable bonds is 11. The third-order valence-electron chi connectivity index (χ3n) is 16.8. The summed E-state index contributed by atoms with van der Waals surface area (Å²) >= 11 is 0. The van der Waals surface area contributed by atoms with E-state index in [0.717, 1.165) is 72.0 Å². The van der Waals surface area contributed by atoms with E-state index in [0.29, 0.717) is 0 Å². The first-order valence-electron chi connectivity index (χ1n) is 30.8. The molecule has 6 aromatic carbocycles. The van der Waals surface area contributed by atoms with E-state index in [-0.39, 0.29) is 65.4 Å². The van der Waals surface area contributed by atoms with Gasteiger partial charge in [-0.2, -0.15) is 0 Å². The maximum absolute atomic E-state index is 6.26. The quantitative estimate of drug-likeness (QED) is 0.0955. The molecule has 5 heteroatoms. The molecule has 0 amide bonds. The van der Waals surface area contributed by atoms with Crippen molar-refractivity contribution >= 4 is 54.6 Å². The van der Waals surface area contributed by atoms with Crippen molar-refractivity contribution in [1.82, 2.24) is 18.8 Å². The molecule has 0 fully saturated rings. The molecule has 0 saturated carbocycles. The second kappa shape index (κ2) is 22.1. The SMILES string of the molecule is Cc1cccc(C)c1-c1c(C(CC(C)(C)C)C(CC(C)(C)C)c2nc3c4[c-]cccc4c4cc(CC(C)(C)C)c(CC(C)(C)C)cc4n3c2-c2c(C)cccc2C)nc2c3[c-]cccc3c3cc(CC(C)(C)C)c(CC(C)(C)C)cc3n12.[Pt+2]. The first-order chi connectivity index (χ1) is 38.0. The van der Waals surface area contributed by atoms with Crippen LogP contribution in [0.25, 0.3) is 77.2 Å². The van der Waals surface area contributed by atoms with Crippen LogP contribution in [0.1, 0.15) is 205 Å². The molecule has 10 aromatic rings. The summed E-state index contributed by atoms with van der Waals surface area (Å²) in [5.74, 6) is -0.138. The van der Waals surface area contributed by atoms with Gasteiger partial charge in [-0.05, 0) is 166 Å². The number of benzene rings is 6. The molecule has 438 valence electrons. The van der Waals surface area contributed by atoms with Crippen LogP contribution in [0.3, 0.4) is 0 Å². The third-order valence-corrected chi connectivity index (χ3v) is 16.8. The van der Waals surface area contributed by atoms with Gasteiger partial charge in [0.15, 0.2) is 0 Å². The molecule has 2 atom stereocenters. The van der Waals surface area contributed by atoms with Gasteiger partial charge in [-0.15, -0.1) is 59.3 Å². The average Bonchev–Trinajstić information content (AvgIpc) is 3.95. The van der Waals surface area contributed by atoms with Crippen molar-refractivity contribution < 1.29 is 21.1 Å². The molecule has 10 rings (SSSR count). The number of imidazole rings is 2. The van der Waals surface area contributed by atoms with Crippen LogP contribution in [-0.4, -0.2) is 18.8 Å². The molecule has 0 aliphatic carbocycles. The van der Waals surface area contributed by atoms with Crippen molar-refractivity contribution in [3.05, 3.63) is 165 Å². The number of aromatic nitrogens is 4. The van der Waals surface area contributed by atoms with Gasteiger partial charge in [-0.3, -0.25) is 9.97 Å². The van der Waals surface area contributed by atoms with Crippen molar-refractivity contribution in [2.45, 2.75) is 203 Å². The van der Waals surface area contributed by atoms with Gasteiger partial charge in [0.05, 0.1) is 34.1 Å². The molecular formula is C78H96N4Pt. The van der Waals surface area contributed by atoms with Crippen LogP contribution in [0.5, 0.6) is 0 Å². The zero-order chi connectivity index (χ0) is 59.6. The Labute approximate surface area is 514 Å². The summed E-state index contributed by atoms with van der Waals surface area (Å²) in [4.78, 5) is 12.5. The number of hydrogen-bond acceptors (Lipinski definition) is 2. The second-order valence-corrected chi connectivity index (χ2v) is 32.4. The fraction of sp³-hybridized carbons (Fsp3) is 0.462. The maximum atomic E-state index is 6.26. The van der Waals surface area contributed by atoms with Crippen LogP contribution in [-0.2, 0) is 46.7 Å². The standard InChI is InChI=1S/C78H96N4.Pt/c1-47-29-27-30-48(2)65(47)69-67(79-71-57-35-25-23-33-55(57)59-37-51(41-73(5,6)7)53(43-75(11,12)13)39-63(59)81(69)71)61(45-77(17,18)19)62(46-78(20,21)22)68-70(66-49(3)31-28-32-50(66)4)82-64-40-54(44-76(14,15)16)52(42-74(8,9)10)38-60(64)56-34-24-26-36-58(56)72(82)80-68;/h23-34,37-40,61-62H,41-46H2,1-22H3;/q-2;+2. The summed E-state index contributed by atoms with van der Waals surface area (Å²) in [6.45, 7) is 52.5. The van der Waals surface area contributed by atoms with Crippen molar-refractivity contribution in [3.63, 3.8) is 0 Å². The maximum Gasteiger partial charge on any atom is 2.00 e. The summed E-state index contributed by atoms with van der Waals surface area (Å²) in [5.41, 5.74) is 22.5. The number of hydrogen-bond donors (Lipinski definition) is 0. The fourth-order valence-corrected chi connectivity index (χ4v) is 14.0. The molecule has 4 nitrogen and oxygen atoms in total. The summed E-state index contributed by atoms with van der Waals surface area (Å²) in [6.07, 6.45) is 5.71. The zero-order valence-corrected chi connectivity index (χ0v) is 57.0. The Hall–Kier alpha value is -5.57. The van der Waals surface area contributed by atoms with E-state index in [1.54, 1.807) is 0 Å². The molecule has 0 aliphatic rings. The predicted octanol–water partition coefficient (Wildman–Crippen LogP) is 21.9. The summed E-state index contributed by atoms with van der Waals surface area (Å²) < 4.78 is 5.21.